The molecule has 2 fully saturated rings. The highest BCUT2D eigenvalue weighted by Crippen LogP contribution is 2.44. The molecule has 2 atom stereocenters. The molecule has 2 unspecified atom stereocenters. The van der Waals surface area contributed by atoms with Crippen LogP contribution in [0.2, 0.25) is 0 Å². The SMILES string of the molecule is CC(C)(CCCNC(=S)NCCCNC(=S)NCCCC(C)(C)N1C(=S)C=C2SCCC2C1=S)N1C(=S)C=C2SCCC2C1=S. The first kappa shape index (κ1) is 37.3. The van der Waals surface area contributed by atoms with Crippen LogP contribution in [-0.2, 0) is 0 Å². The van der Waals surface area contributed by atoms with Crippen LogP contribution in [0.5, 0.6) is 0 Å². The van der Waals surface area contributed by atoms with Crippen molar-refractivity contribution in [1.82, 2.24) is 31.1 Å². The second-order valence-electron chi connectivity index (χ2n) is 13.0. The minimum Gasteiger partial charge on any atom is -0.363 e. The third-order valence-corrected chi connectivity index (χ3v) is 13.1. The minimum atomic E-state index is -0.126. The van der Waals surface area contributed by atoms with Gasteiger partial charge < -0.3 is 31.1 Å². The van der Waals surface area contributed by atoms with E-state index in [2.05, 4.69) is 70.9 Å². The number of fused-ring (bicyclic) bond motifs is 2. The normalized spacial score (nSPS) is 21.7. The van der Waals surface area contributed by atoms with E-state index in [9.17, 15) is 0 Å². The average molecular weight is 759 g/mol. The Bertz CT molecular complexity index is 1160. The summed E-state index contributed by atoms with van der Waals surface area (Å²) in [6.45, 7) is 12.1. The van der Waals surface area contributed by atoms with Gasteiger partial charge in [-0.1, -0.05) is 48.9 Å². The molecule has 14 heteroatoms. The second-order valence-corrected chi connectivity index (χ2v) is 17.9. The van der Waals surface area contributed by atoms with E-state index in [0.29, 0.717) is 22.1 Å². The highest BCUT2D eigenvalue weighted by atomic mass is 32.2. The van der Waals surface area contributed by atoms with Crippen molar-refractivity contribution >= 4 is 127 Å². The summed E-state index contributed by atoms with van der Waals surface area (Å²) in [7, 11) is 0. The first-order valence-electron chi connectivity index (χ1n) is 15.8. The number of thiocarbonyl (C=S) groups is 6. The Hall–Kier alpha value is -0.480. The molecule has 2 saturated heterocycles. The number of nitrogens with one attached hydrogen (secondary N) is 4. The third-order valence-electron chi connectivity index (χ3n) is 8.68. The van der Waals surface area contributed by atoms with E-state index in [4.69, 9.17) is 73.3 Å². The van der Waals surface area contributed by atoms with Crippen LogP contribution in [0.25, 0.3) is 0 Å². The molecule has 0 radical (unpaired) electrons. The first-order chi connectivity index (χ1) is 21.3. The summed E-state index contributed by atoms with van der Waals surface area (Å²) in [5.74, 6) is 2.99. The molecule has 0 aromatic carbocycles. The summed E-state index contributed by atoms with van der Waals surface area (Å²) < 4.78 is 0. The van der Waals surface area contributed by atoms with Crippen molar-refractivity contribution in [2.75, 3.05) is 37.7 Å². The van der Waals surface area contributed by atoms with Crippen molar-refractivity contribution in [2.45, 2.75) is 83.7 Å². The molecule has 0 aromatic heterocycles. The average Bonchev–Trinajstić information content (AvgIpc) is 3.63. The van der Waals surface area contributed by atoms with Crippen molar-refractivity contribution in [2.24, 2.45) is 11.8 Å². The minimum absolute atomic E-state index is 0.126. The number of rotatable bonds is 14. The second kappa shape index (κ2) is 16.8. The number of nitrogens with zero attached hydrogens (tertiary/aromatic N) is 2. The van der Waals surface area contributed by atoms with Gasteiger partial charge in [0.1, 0.15) is 9.98 Å². The van der Waals surface area contributed by atoms with E-state index in [1.165, 1.54) is 9.81 Å². The molecule has 4 rings (SSSR count). The molecule has 4 heterocycles. The predicted molar refractivity (Wildman–Crippen MR) is 220 cm³/mol. The van der Waals surface area contributed by atoms with Crippen molar-refractivity contribution in [3.63, 3.8) is 0 Å². The van der Waals surface area contributed by atoms with Crippen LogP contribution in [0.4, 0.5) is 0 Å². The van der Waals surface area contributed by atoms with E-state index in [1.54, 1.807) is 0 Å². The van der Waals surface area contributed by atoms with Crippen molar-refractivity contribution in [3.05, 3.63) is 22.0 Å². The van der Waals surface area contributed by atoms with Gasteiger partial charge in [-0.3, -0.25) is 0 Å². The summed E-state index contributed by atoms with van der Waals surface area (Å²) in [6.07, 6.45) is 11.3. The van der Waals surface area contributed by atoms with Crippen molar-refractivity contribution in [3.8, 4) is 0 Å². The smallest absolute Gasteiger partial charge is 0.166 e. The monoisotopic (exact) mass is 758 g/mol. The lowest BCUT2D eigenvalue weighted by atomic mass is 9.91. The van der Waals surface area contributed by atoms with E-state index < -0.39 is 0 Å². The highest BCUT2D eigenvalue weighted by Gasteiger charge is 2.41. The van der Waals surface area contributed by atoms with Gasteiger partial charge in [-0.05, 0) is 131 Å². The van der Waals surface area contributed by atoms with Gasteiger partial charge in [-0.25, -0.2) is 0 Å². The van der Waals surface area contributed by atoms with Gasteiger partial charge in [0.05, 0.1) is 9.98 Å². The summed E-state index contributed by atoms with van der Waals surface area (Å²) in [5.41, 5.74) is -0.252. The molecule has 0 aliphatic carbocycles. The van der Waals surface area contributed by atoms with Crippen LogP contribution < -0.4 is 21.3 Å². The van der Waals surface area contributed by atoms with E-state index in [0.717, 1.165) is 103 Å². The van der Waals surface area contributed by atoms with Crippen LogP contribution in [-0.4, -0.2) is 88.7 Å². The summed E-state index contributed by atoms with van der Waals surface area (Å²) >= 11 is 38.0. The quantitative estimate of drug-likeness (QED) is 0.113. The molecule has 45 heavy (non-hydrogen) atoms. The number of hydrogen-bond acceptors (Lipinski definition) is 8. The molecule has 4 N–H and O–H groups in total. The Morgan fingerprint density at radius 3 is 1.40 bits per heavy atom. The fourth-order valence-electron chi connectivity index (χ4n) is 6.23. The molecular weight excluding hydrogens is 713 g/mol. The maximum Gasteiger partial charge on any atom is 0.166 e. The number of hydrogen-bond donors (Lipinski definition) is 4. The van der Waals surface area contributed by atoms with Gasteiger partial charge in [0.15, 0.2) is 10.2 Å². The Kier molecular flexibility index (Phi) is 13.9. The van der Waals surface area contributed by atoms with E-state index in [-0.39, 0.29) is 11.1 Å². The van der Waals surface area contributed by atoms with Crippen LogP contribution in [0.1, 0.15) is 72.6 Å². The standard InChI is InChI=1S/C31H46N6S8/c1-30(2,36-24(38)18-22-20(26(36)40)8-16-44-22)10-5-12-32-28(42)34-14-7-15-35-29(43)33-13-6-11-31(3,4)37-25(39)19-23-21(27(37)41)9-17-45-23/h18-21H,5-17H2,1-4H3,(H2,32,34,42)(H2,33,35,43). The van der Waals surface area contributed by atoms with Crippen LogP contribution in [0.15, 0.2) is 22.0 Å². The van der Waals surface area contributed by atoms with Crippen LogP contribution in [0, 0.1) is 11.8 Å². The molecule has 0 aromatic rings. The summed E-state index contributed by atoms with van der Waals surface area (Å²) in [5, 5.41) is 14.7. The van der Waals surface area contributed by atoms with E-state index in [1.807, 2.05) is 23.5 Å². The Balaban J connectivity index is 1.03. The zero-order valence-corrected chi connectivity index (χ0v) is 33.2. The Morgan fingerprint density at radius 1 is 0.667 bits per heavy atom. The van der Waals surface area contributed by atoms with Crippen LogP contribution in [0.3, 0.4) is 0 Å². The molecule has 248 valence electrons. The van der Waals surface area contributed by atoms with Gasteiger partial charge >= 0.3 is 0 Å². The van der Waals surface area contributed by atoms with Gasteiger partial charge in [0.2, 0.25) is 0 Å². The van der Waals surface area contributed by atoms with Crippen molar-refractivity contribution < 1.29 is 0 Å². The largest absolute Gasteiger partial charge is 0.363 e. The molecule has 4 aliphatic heterocycles. The zero-order valence-electron chi connectivity index (χ0n) is 26.7. The topological polar surface area (TPSA) is 54.6 Å². The molecule has 0 amide bonds. The van der Waals surface area contributed by atoms with E-state index >= 15 is 0 Å². The summed E-state index contributed by atoms with van der Waals surface area (Å²) in [6, 6.07) is 0. The first-order valence-corrected chi connectivity index (χ1v) is 20.2. The van der Waals surface area contributed by atoms with Gasteiger partial charge in [0, 0.05) is 49.1 Å². The molecule has 0 bridgehead atoms. The lowest BCUT2D eigenvalue weighted by molar-refractivity contribution is 0.280. The fraction of sp³-hybridized carbons (Fsp3) is 0.677. The third kappa shape index (κ3) is 9.79. The number of thioether (sulfide) groups is 2. The molecule has 0 saturated carbocycles. The Labute approximate surface area is 310 Å². The van der Waals surface area contributed by atoms with Gasteiger partial charge in [-0.15, -0.1) is 23.5 Å². The Morgan fingerprint density at radius 2 is 1.02 bits per heavy atom. The highest BCUT2D eigenvalue weighted by molar-refractivity contribution is 8.03. The van der Waals surface area contributed by atoms with Crippen molar-refractivity contribution in [1.29, 1.82) is 0 Å². The maximum absolute atomic E-state index is 5.89. The predicted octanol–water partition coefficient (Wildman–Crippen LogP) is 6.64. The summed E-state index contributed by atoms with van der Waals surface area (Å²) in [4.78, 5) is 10.8. The van der Waals surface area contributed by atoms with Crippen LogP contribution >= 0.6 is 96.8 Å². The van der Waals surface area contributed by atoms with Gasteiger partial charge in [0.25, 0.3) is 0 Å². The molecule has 6 nitrogen and oxygen atoms in total. The molecule has 4 aliphatic rings. The molecular formula is C31H46N6S8. The fourth-order valence-corrected chi connectivity index (χ4v) is 11.6. The maximum atomic E-state index is 5.89. The zero-order chi connectivity index (χ0) is 32.8. The lowest BCUT2D eigenvalue weighted by Crippen LogP contribution is -2.53. The molecule has 0 spiro atoms. The lowest BCUT2D eigenvalue weighted by Gasteiger charge is -2.44. The van der Waals surface area contributed by atoms with Gasteiger partial charge in [-0.2, -0.15) is 0 Å².